The smallest absolute Gasteiger partial charge is 0.219 e. The number of pyridine rings is 1. The van der Waals surface area contributed by atoms with E-state index in [4.69, 9.17) is 4.98 Å². The lowest BCUT2D eigenvalue weighted by atomic mass is 9.92. The molecule has 1 unspecified atom stereocenters. The van der Waals surface area contributed by atoms with Crippen LogP contribution >= 0.6 is 21.6 Å². The van der Waals surface area contributed by atoms with Gasteiger partial charge in [0.2, 0.25) is 5.91 Å². The van der Waals surface area contributed by atoms with Crippen LogP contribution in [0.5, 0.6) is 0 Å². The van der Waals surface area contributed by atoms with Gasteiger partial charge in [-0.05, 0) is 75.5 Å². The second-order valence-electron chi connectivity index (χ2n) is 8.84. The van der Waals surface area contributed by atoms with Crippen LogP contribution < -0.4 is 10.6 Å². The number of benzene rings is 1. The first-order chi connectivity index (χ1) is 15.2. The Morgan fingerprint density at radius 3 is 2.94 bits per heavy atom. The summed E-state index contributed by atoms with van der Waals surface area (Å²) in [6, 6.07) is 6.58. The number of aromatic nitrogens is 1. The SMILES string of the molecule is Cc1ccc2c(NCCCNC(=O)CCCCC3CCSS3)c3c(nc2c1)CCCC3. The predicted octanol–water partition coefficient (Wildman–Crippen LogP) is 6.05. The van der Waals surface area contributed by atoms with Crippen LogP contribution in [-0.4, -0.2) is 35.0 Å². The molecule has 2 aromatic rings. The van der Waals surface area contributed by atoms with Gasteiger partial charge in [-0.3, -0.25) is 9.78 Å². The second kappa shape index (κ2) is 11.5. The van der Waals surface area contributed by atoms with Gasteiger partial charge in [0.25, 0.3) is 0 Å². The van der Waals surface area contributed by atoms with Crippen molar-refractivity contribution in [3.05, 3.63) is 35.0 Å². The number of rotatable bonds is 10. The van der Waals surface area contributed by atoms with Crippen LogP contribution in [0, 0.1) is 6.92 Å². The third kappa shape index (κ3) is 6.32. The summed E-state index contributed by atoms with van der Waals surface area (Å²) in [6.07, 6.45) is 11.1. The van der Waals surface area contributed by atoms with E-state index < -0.39 is 0 Å². The molecule has 0 radical (unpaired) electrons. The summed E-state index contributed by atoms with van der Waals surface area (Å²) in [7, 11) is 4.03. The average Bonchev–Trinajstić information content (AvgIpc) is 3.29. The highest BCUT2D eigenvalue weighted by molar-refractivity contribution is 8.77. The van der Waals surface area contributed by atoms with E-state index in [2.05, 4.69) is 35.8 Å². The average molecular weight is 458 g/mol. The highest BCUT2D eigenvalue weighted by atomic mass is 33.1. The summed E-state index contributed by atoms with van der Waals surface area (Å²) < 4.78 is 0. The third-order valence-electron chi connectivity index (χ3n) is 6.30. The number of nitrogens with one attached hydrogen (secondary N) is 2. The first-order valence-corrected chi connectivity index (χ1v) is 14.3. The number of carbonyl (C=O) groups excluding carboxylic acids is 1. The van der Waals surface area contributed by atoms with E-state index >= 15 is 0 Å². The first-order valence-electron chi connectivity index (χ1n) is 11.9. The molecule has 1 aliphatic heterocycles. The minimum absolute atomic E-state index is 0.204. The molecule has 1 aromatic heterocycles. The number of carbonyl (C=O) groups is 1. The third-order valence-corrected chi connectivity index (χ3v) is 9.31. The molecule has 2 heterocycles. The molecule has 1 aliphatic carbocycles. The number of amides is 1. The fourth-order valence-corrected chi connectivity index (χ4v) is 7.61. The monoisotopic (exact) mass is 457 g/mol. The number of hydrogen-bond donors (Lipinski definition) is 2. The maximum Gasteiger partial charge on any atom is 0.219 e. The van der Waals surface area contributed by atoms with E-state index in [1.165, 1.54) is 65.8 Å². The van der Waals surface area contributed by atoms with E-state index in [1.807, 2.05) is 21.6 Å². The van der Waals surface area contributed by atoms with Crippen molar-refractivity contribution in [2.24, 2.45) is 0 Å². The topological polar surface area (TPSA) is 54.0 Å². The summed E-state index contributed by atoms with van der Waals surface area (Å²) in [5.74, 6) is 1.50. The Balaban J connectivity index is 1.22. The maximum atomic E-state index is 12.1. The van der Waals surface area contributed by atoms with Crippen LogP contribution in [0.25, 0.3) is 10.9 Å². The lowest BCUT2D eigenvalue weighted by Crippen LogP contribution is -2.25. The fraction of sp³-hybridized carbons (Fsp3) is 0.600. The summed E-state index contributed by atoms with van der Waals surface area (Å²) in [6.45, 7) is 3.74. The lowest BCUT2D eigenvalue weighted by molar-refractivity contribution is -0.121. The van der Waals surface area contributed by atoms with E-state index in [-0.39, 0.29) is 5.91 Å². The van der Waals surface area contributed by atoms with Gasteiger partial charge < -0.3 is 10.6 Å². The Labute approximate surface area is 194 Å². The Hall–Kier alpha value is -1.40. The zero-order valence-electron chi connectivity index (χ0n) is 18.7. The molecule has 2 N–H and O–H groups in total. The number of nitrogens with zero attached hydrogens (tertiary/aromatic N) is 1. The van der Waals surface area contributed by atoms with Crippen molar-refractivity contribution in [3.8, 4) is 0 Å². The molecule has 31 heavy (non-hydrogen) atoms. The van der Waals surface area contributed by atoms with E-state index in [0.29, 0.717) is 6.42 Å². The largest absolute Gasteiger partial charge is 0.384 e. The van der Waals surface area contributed by atoms with Crippen LogP contribution in [-0.2, 0) is 17.6 Å². The van der Waals surface area contributed by atoms with Crippen LogP contribution in [0.3, 0.4) is 0 Å². The lowest BCUT2D eigenvalue weighted by Gasteiger charge is -2.22. The second-order valence-corrected chi connectivity index (χ2v) is 11.6. The van der Waals surface area contributed by atoms with Gasteiger partial charge in [-0.2, -0.15) is 0 Å². The Morgan fingerprint density at radius 2 is 2.06 bits per heavy atom. The summed E-state index contributed by atoms with van der Waals surface area (Å²) >= 11 is 0. The number of anilines is 1. The van der Waals surface area contributed by atoms with E-state index in [1.54, 1.807) is 0 Å². The van der Waals surface area contributed by atoms with Crippen molar-refractivity contribution < 1.29 is 4.79 Å². The van der Waals surface area contributed by atoms with Gasteiger partial charge in [-0.25, -0.2) is 0 Å². The quantitative estimate of drug-likeness (QED) is 0.336. The molecule has 0 spiro atoms. The van der Waals surface area contributed by atoms with Gasteiger partial charge in [0.15, 0.2) is 0 Å². The molecule has 1 amide bonds. The molecule has 1 saturated heterocycles. The van der Waals surface area contributed by atoms with Crippen LogP contribution in [0.15, 0.2) is 18.2 Å². The first kappa shape index (κ1) is 22.8. The maximum absolute atomic E-state index is 12.1. The Bertz CT molecular complexity index is 896. The fourth-order valence-electron chi connectivity index (χ4n) is 4.58. The standard InChI is InChI=1S/C25H35N3OS2/c1-18-11-12-21-23(17-18)28-22-9-4-3-8-20(22)25(21)27-15-6-14-26-24(29)10-5-2-7-19-13-16-30-31-19/h11-12,17,19H,2-10,13-16H2,1H3,(H,26,29)(H,27,28). The van der Waals surface area contributed by atoms with Crippen molar-refractivity contribution in [1.82, 2.24) is 10.3 Å². The molecule has 4 nitrogen and oxygen atoms in total. The molecule has 1 atom stereocenters. The highest BCUT2D eigenvalue weighted by Crippen LogP contribution is 2.40. The number of fused-ring (bicyclic) bond motifs is 2. The number of unbranched alkanes of at least 4 members (excludes halogenated alkanes) is 1. The van der Waals surface area contributed by atoms with Crippen molar-refractivity contribution in [2.45, 2.75) is 76.4 Å². The summed E-state index contributed by atoms with van der Waals surface area (Å²) in [4.78, 5) is 17.1. The zero-order valence-corrected chi connectivity index (χ0v) is 20.3. The van der Waals surface area contributed by atoms with Crippen molar-refractivity contribution in [3.63, 3.8) is 0 Å². The van der Waals surface area contributed by atoms with E-state index in [9.17, 15) is 4.79 Å². The predicted molar refractivity (Wildman–Crippen MR) is 136 cm³/mol. The van der Waals surface area contributed by atoms with Gasteiger partial charge in [0, 0.05) is 47.3 Å². The number of hydrogen-bond acceptors (Lipinski definition) is 5. The highest BCUT2D eigenvalue weighted by Gasteiger charge is 2.18. The molecular formula is C25H35N3OS2. The van der Waals surface area contributed by atoms with Crippen molar-refractivity contribution in [2.75, 3.05) is 24.2 Å². The molecule has 168 valence electrons. The Kier molecular flexibility index (Phi) is 8.42. The molecule has 1 fully saturated rings. The van der Waals surface area contributed by atoms with Gasteiger partial charge >= 0.3 is 0 Å². The van der Waals surface area contributed by atoms with Crippen LogP contribution in [0.4, 0.5) is 5.69 Å². The molecule has 2 aliphatic rings. The van der Waals surface area contributed by atoms with Gasteiger partial charge in [0.05, 0.1) is 5.52 Å². The van der Waals surface area contributed by atoms with Crippen molar-refractivity contribution >= 4 is 44.1 Å². The van der Waals surface area contributed by atoms with Gasteiger partial charge in [-0.1, -0.05) is 40.1 Å². The minimum atomic E-state index is 0.204. The summed E-state index contributed by atoms with van der Waals surface area (Å²) in [5.41, 5.74) is 6.31. The van der Waals surface area contributed by atoms with Crippen LogP contribution in [0.2, 0.25) is 0 Å². The van der Waals surface area contributed by atoms with Gasteiger partial charge in [0.1, 0.15) is 0 Å². The minimum Gasteiger partial charge on any atom is -0.384 e. The molecular weight excluding hydrogens is 422 g/mol. The molecule has 0 bridgehead atoms. The van der Waals surface area contributed by atoms with Crippen LogP contribution in [0.1, 0.15) is 68.2 Å². The summed E-state index contributed by atoms with van der Waals surface area (Å²) in [5, 5.41) is 8.85. The van der Waals surface area contributed by atoms with E-state index in [0.717, 1.165) is 49.5 Å². The normalized spacial score (nSPS) is 18.2. The van der Waals surface area contributed by atoms with Crippen molar-refractivity contribution in [1.29, 1.82) is 0 Å². The molecule has 6 heteroatoms. The molecule has 4 rings (SSSR count). The molecule has 1 aromatic carbocycles. The Morgan fingerprint density at radius 1 is 1.16 bits per heavy atom. The number of aryl methyl sites for hydroxylation is 2. The zero-order chi connectivity index (χ0) is 21.5. The van der Waals surface area contributed by atoms with Gasteiger partial charge in [-0.15, -0.1) is 0 Å². The molecule has 0 saturated carbocycles.